The summed E-state index contributed by atoms with van der Waals surface area (Å²) < 4.78 is 0.704. The zero-order valence-corrected chi connectivity index (χ0v) is 12.2. The van der Waals surface area contributed by atoms with Gasteiger partial charge in [-0.25, -0.2) is 0 Å². The second-order valence-electron chi connectivity index (χ2n) is 4.39. The fourth-order valence-electron chi connectivity index (χ4n) is 2.12. The summed E-state index contributed by atoms with van der Waals surface area (Å²) in [6.07, 6.45) is -0.584. The average molecular weight is 348 g/mol. The molecular formula is C12H12BrClN2O3. The van der Waals surface area contributed by atoms with Crippen LogP contribution in [0.1, 0.15) is 16.8 Å². The highest BCUT2D eigenvalue weighted by molar-refractivity contribution is 9.10. The van der Waals surface area contributed by atoms with Crippen molar-refractivity contribution in [3.05, 3.63) is 33.3 Å². The number of amides is 2. The van der Waals surface area contributed by atoms with Gasteiger partial charge in [0.2, 0.25) is 5.91 Å². The van der Waals surface area contributed by atoms with Crippen LogP contribution >= 0.6 is 27.5 Å². The molecule has 102 valence electrons. The van der Waals surface area contributed by atoms with E-state index in [1.54, 1.807) is 18.2 Å². The van der Waals surface area contributed by atoms with Gasteiger partial charge >= 0.3 is 0 Å². The van der Waals surface area contributed by atoms with Crippen molar-refractivity contribution < 1.29 is 14.7 Å². The van der Waals surface area contributed by atoms with Crippen molar-refractivity contribution in [3.8, 4) is 0 Å². The second-order valence-corrected chi connectivity index (χ2v) is 5.71. The lowest BCUT2D eigenvalue weighted by Crippen LogP contribution is -2.43. The standard InChI is InChI=1S/C12H12BrClN2O3/c13-6-1-2-9(14)8(3-6)12(19)16-5-7(17)4-10(16)11(15)18/h1-3,7,10,17H,4-5H2,(H2,15,18). The van der Waals surface area contributed by atoms with E-state index >= 15 is 0 Å². The van der Waals surface area contributed by atoms with Crippen molar-refractivity contribution in [2.24, 2.45) is 5.73 Å². The van der Waals surface area contributed by atoms with E-state index in [-0.39, 0.29) is 23.6 Å². The Morgan fingerprint density at radius 2 is 2.16 bits per heavy atom. The van der Waals surface area contributed by atoms with E-state index in [2.05, 4.69) is 15.9 Å². The van der Waals surface area contributed by atoms with Crippen LogP contribution in [0.25, 0.3) is 0 Å². The molecule has 1 aliphatic heterocycles. The van der Waals surface area contributed by atoms with Crippen LogP contribution in [0, 0.1) is 0 Å². The number of nitrogens with two attached hydrogens (primary N) is 1. The molecule has 2 atom stereocenters. The molecule has 1 aromatic carbocycles. The van der Waals surface area contributed by atoms with Crippen LogP contribution in [0.2, 0.25) is 5.02 Å². The number of carbonyl (C=O) groups is 2. The maximum Gasteiger partial charge on any atom is 0.256 e. The van der Waals surface area contributed by atoms with Crippen molar-refractivity contribution in [3.63, 3.8) is 0 Å². The Morgan fingerprint density at radius 1 is 1.47 bits per heavy atom. The van der Waals surface area contributed by atoms with Crippen LogP contribution in [0.3, 0.4) is 0 Å². The summed E-state index contributed by atoms with van der Waals surface area (Å²) >= 11 is 9.24. The van der Waals surface area contributed by atoms with Gasteiger partial charge in [-0.3, -0.25) is 9.59 Å². The van der Waals surface area contributed by atoms with Crippen LogP contribution in [0.5, 0.6) is 0 Å². The third-order valence-corrected chi connectivity index (χ3v) is 3.85. The minimum atomic E-state index is -0.794. The van der Waals surface area contributed by atoms with Crippen molar-refractivity contribution in [2.45, 2.75) is 18.6 Å². The molecule has 19 heavy (non-hydrogen) atoms. The number of primary amides is 1. The summed E-state index contributed by atoms with van der Waals surface area (Å²) in [6.45, 7) is 0.0787. The largest absolute Gasteiger partial charge is 0.391 e. The summed E-state index contributed by atoms with van der Waals surface area (Å²) in [5.74, 6) is -1.04. The van der Waals surface area contributed by atoms with Crippen LogP contribution in [0.4, 0.5) is 0 Å². The van der Waals surface area contributed by atoms with E-state index in [0.29, 0.717) is 4.47 Å². The highest BCUT2D eigenvalue weighted by Crippen LogP contribution is 2.26. The van der Waals surface area contributed by atoms with E-state index < -0.39 is 24.0 Å². The lowest BCUT2D eigenvalue weighted by atomic mass is 10.1. The first-order valence-electron chi connectivity index (χ1n) is 5.63. The molecule has 1 fully saturated rings. The molecule has 2 amide bonds. The number of hydrogen-bond acceptors (Lipinski definition) is 3. The molecule has 1 aromatic rings. The van der Waals surface area contributed by atoms with Gasteiger partial charge in [0.15, 0.2) is 0 Å². The number of β-amino-alcohol motifs (C(OH)–C–C–N with tert-alkyl or cyclic N) is 1. The molecule has 0 radical (unpaired) electrons. The number of rotatable bonds is 2. The molecule has 1 aliphatic rings. The van der Waals surface area contributed by atoms with Gasteiger partial charge in [-0.1, -0.05) is 27.5 Å². The average Bonchev–Trinajstić information content (AvgIpc) is 2.74. The van der Waals surface area contributed by atoms with Crippen molar-refractivity contribution >= 4 is 39.3 Å². The lowest BCUT2D eigenvalue weighted by molar-refractivity contribution is -0.121. The van der Waals surface area contributed by atoms with Gasteiger partial charge in [-0.15, -0.1) is 0 Å². The minimum Gasteiger partial charge on any atom is -0.391 e. The summed E-state index contributed by atoms with van der Waals surface area (Å²) in [4.78, 5) is 25.0. The summed E-state index contributed by atoms with van der Waals surface area (Å²) in [6, 6.07) is 4.08. The topological polar surface area (TPSA) is 83.6 Å². The number of carbonyl (C=O) groups excluding carboxylic acids is 2. The first-order valence-corrected chi connectivity index (χ1v) is 6.80. The first-order chi connectivity index (χ1) is 8.90. The highest BCUT2D eigenvalue weighted by atomic mass is 79.9. The fourth-order valence-corrected chi connectivity index (χ4v) is 2.68. The molecule has 0 bridgehead atoms. The van der Waals surface area contributed by atoms with Gasteiger partial charge in [-0.2, -0.15) is 0 Å². The minimum absolute atomic E-state index is 0.0787. The van der Waals surface area contributed by atoms with E-state index in [4.69, 9.17) is 17.3 Å². The molecule has 0 spiro atoms. The van der Waals surface area contributed by atoms with Crippen molar-refractivity contribution in [1.82, 2.24) is 4.90 Å². The zero-order chi connectivity index (χ0) is 14.2. The molecule has 5 nitrogen and oxygen atoms in total. The van der Waals surface area contributed by atoms with Gasteiger partial charge in [-0.05, 0) is 18.2 Å². The third-order valence-electron chi connectivity index (χ3n) is 3.03. The SMILES string of the molecule is NC(=O)C1CC(O)CN1C(=O)c1cc(Br)ccc1Cl. The molecule has 0 saturated carbocycles. The Bertz CT molecular complexity index is 538. The molecule has 2 unspecified atom stereocenters. The Morgan fingerprint density at radius 3 is 2.79 bits per heavy atom. The first kappa shape index (κ1) is 14.3. The Hall–Kier alpha value is -1.11. The predicted molar refractivity (Wildman–Crippen MR) is 73.8 cm³/mol. The third kappa shape index (κ3) is 2.91. The quantitative estimate of drug-likeness (QED) is 0.842. The summed E-state index contributed by atoms with van der Waals surface area (Å²) in [5, 5.41) is 9.88. The maximum atomic E-state index is 12.4. The molecular weight excluding hydrogens is 336 g/mol. The molecule has 1 saturated heterocycles. The van der Waals surface area contributed by atoms with Crippen LogP contribution in [-0.2, 0) is 4.79 Å². The molecule has 1 heterocycles. The zero-order valence-electron chi connectivity index (χ0n) is 9.85. The van der Waals surface area contributed by atoms with E-state index in [1.807, 2.05) is 0 Å². The number of benzene rings is 1. The fraction of sp³-hybridized carbons (Fsp3) is 0.333. The van der Waals surface area contributed by atoms with Crippen LogP contribution in [0.15, 0.2) is 22.7 Å². The normalized spacial score (nSPS) is 22.6. The molecule has 0 aromatic heterocycles. The predicted octanol–water partition coefficient (Wildman–Crippen LogP) is 1.16. The number of hydrogen-bond donors (Lipinski definition) is 2. The Labute approximate surface area is 123 Å². The van der Waals surface area contributed by atoms with Gasteiger partial charge in [0.1, 0.15) is 6.04 Å². The van der Waals surface area contributed by atoms with E-state index in [0.717, 1.165) is 0 Å². The van der Waals surface area contributed by atoms with Gasteiger partial charge < -0.3 is 15.7 Å². The molecule has 3 N–H and O–H groups in total. The summed E-state index contributed by atoms with van der Waals surface area (Å²) in [5.41, 5.74) is 5.52. The van der Waals surface area contributed by atoms with Gasteiger partial charge in [0.25, 0.3) is 5.91 Å². The molecule has 0 aliphatic carbocycles. The lowest BCUT2D eigenvalue weighted by Gasteiger charge is -2.22. The monoisotopic (exact) mass is 346 g/mol. The highest BCUT2D eigenvalue weighted by Gasteiger charge is 2.38. The maximum absolute atomic E-state index is 12.4. The van der Waals surface area contributed by atoms with Gasteiger partial charge in [0, 0.05) is 17.4 Å². The Kier molecular flexibility index (Phi) is 4.13. The van der Waals surface area contributed by atoms with Crippen LogP contribution in [-0.4, -0.2) is 40.5 Å². The van der Waals surface area contributed by atoms with E-state index in [9.17, 15) is 14.7 Å². The second kappa shape index (κ2) is 5.48. The number of halogens is 2. The number of likely N-dealkylation sites (tertiary alicyclic amines) is 1. The molecule has 7 heteroatoms. The number of aliphatic hydroxyl groups excluding tert-OH is 1. The Balaban J connectivity index is 2.33. The van der Waals surface area contributed by atoms with Crippen molar-refractivity contribution in [1.29, 1.82) is 0 Å². The smallest absolute Gasteiger partial charge is 0.256 e. The molecule has 2 rings (SSSR count). The number of aliphatic hydroxyl groups is 1. The van der Waals surface area contributed by atoms with E-state index in [1.165, 1.54) is 4.90 Å². The van der Waals surface area contributed by atoms with Crippen molar-refractivity contribution in [2.75, 3.05) is 6.54 Å². The van der Waals surface area contributed by atoms with Crippen LogP contribution < -0.4 is 5.73 Å². The van der Waals surface area contributed by atoms with Gasteiger partial charge in [0.05, 0.1) is 16.7 Å². The summed E-state index contributed by atoms with van der Waals surface area (Å²) in [7, 11) is 0. The number of nitrogens with zero attached hydrogens (tertiary/aromatic N) is 1.